The van der Waals surface area contributed by atoms with Crippen LogP contribution in [0.5, 0.6) is 0 Å². The van der Waals surface area contributed by atoms with Crippen molar-refractivity contribution >= 4 is 5.57 Å². The van der Waals surface area contributed by atoms with E-state index < -0.39 is 0 Å². The Morgan fingerprint density at radius 3 is 3.06 bits per heavy atom. The lowest BCUT2D eigenvalue weighted by atomic mass is 9.85. The van der Waals surface area contributed by atoms with E-state index in [1.54, 1.807) is 0 Å². The van der Waals surface area contributed by atoms with Crippen molar-refractivity contribution in [2.45, 2.75) is 33.1 Å². The number of aryl methyl sites for hydroxylation is 1. The van der Waals surface area contributed by atoms with Gasteiger partial charge >= 0.3 is 0 Å². The van der Waals surface area contributed by atoms with Crippen LogP contribution in [0.15, 0.2) is 48.7 Å². The van der Waals surface area contributed by atoms with Crippen LogP contribution in [0.1, 0.15) is 37.4 Å². The lowest BCUT2D eigenvalue weighted by Crippen LogP contribution is -2.07. The fourth-order valence-electron chi connectivity index (χ4n) is 2.39. The molecule has 1 aromatic rings. The Hall–Kier alpha value is -1.63. The molecule has 0 bridgehead atoms. The summed E-state index contributed by atoms with van der Waals surface area (Å²) >= 11 is 0. The average Bonchev–Trinajstić information content (AvgIpc) is 2.40. The lowest BCUT2D eigenvalue weighted by Gasteiger charge is -2.21. The fraction of sp³-hybridized carbons (Fsp3) is 0.353. The zero-order valence-corrected chi connectivity index (χ0v) is 11.3. The topological polar surface area (TPSA) is 12.9 Å². The number of pyridine rings is 1. The molecule has 0 spiro atoms. The molecule has 1 unspecified atom stereocenters. The molecule has 0 radical (unpaired) electrons. The number of aromatic nitrogens is 1. The lowest BCUT2D eigenvalue weighted by molar-refractivity contribution is 0.684. The molecule has 1 nitrogen and oxygen atoms in total. The molecule has 2 rings (SSSR count). The summed E-state index contributed by atoms with van der Waals surface area (Å²) in [4.78, 5) is 4.55. The van der Waals surface area contributed by atoms with Gasteiger partial charge in [-0.2, -0.15) is 0 Å². The molecule has 18 heavy (non-hydrogen) atoms. The summed E-state index contributed by atoms with van der Waals surface area (Å²) in [6, 6.07) is 4.14. The van der Waals surface area contributed by atoms with Crippen LogP contribution in [-0.4, -0.2) is 4.98 Å². The van der Waals surface area contributed by atoms with Crippen molar-refractivity contribution in [1.29, 1.82) is 0 Å². The average molecular weight is 239 g/mol. The Labute approximate surface area is 110 Å². The largest absolute Gasteiger partial charge is 0.256 e. The molecule has 0 fully saturated rings. The van der Waals surface area contributed by atoms with E-state index in [0.717, 1.165) is 25.0 Å². The molecule has 1 heterocycles. The van der Waals surface area contributed by atoms with Crippen LogP contribution in [0.4, 0.5) is 0 Å². The van der Waals surface area contributed by atoms with Gasteiger partial charge < -0.3 is 0 Å². The second-order valence-electron chi connectivity index (χ2n) is 4.77. The van der Waals surface area contributed by atoms with Crippen molar-refractivity contribution in [3.05, 3.63) is 60.0 Å². The summed E-state index contributed by atoms with van der Waals surface area (Å²) in [5.74, 6) is 0.575. The third-order valence-corrected chi connectivity index (χ3v) is 3.38. The molecular weight excluding hydrogens is 218 g/mol. The monoisotopic (exact) mass is 239 g/mol. The van der Waals surface area contributed by atoms with Crippen LogP contribution in [0, 0.1) is 12.8 Å². The highest BCUT2D eigenvalue weighted by molar-refractivity contribution is 5.69. The van der Waals surface area contributed by atoms with Crippen molar-refractivity contribution in [3.8, 4) is 0 Å². The van der Waals surface area contributed by atoms with Gasteiger partial charge in [-0.15, -0.1) is 0 Å². The zero-order valence-electron chi connectivity index (χ0n) is 11.3. The smallest absolute Gasteiger partial charge is 0.0693 e. The third-order valence-electron chi connectivity index (χ3n) is 3.38. The standard InChI is InChI=1S/C17H21N/c1-3-4-5-10-15-11-6-7-12-16(15)17-14(2)9-8-13-18-17/h4-9,12-13,15H,3,10-11H2,1-2H3. The molecule has 1 aliphatic carbocycles. The van der Waals surface area contributed by atoms with Gasteiger partial charge in [0.1, 0.15) is 0 Å². The number of nitrogens with zero attached hydrogens (tertiary/aromatic N) is 1. The Kier molecular flexibility index (Phi) is 4.52. The van der Waals surface area contributed by atoms with Gasteiger partial charge in [0.2, 0.25) is 0 Å². The minimum atomic E-state index is 0.575. The van der Waals surface area contributed by atoms with Crippen LogP contribution < -0.4 is 0 Å². The minimum absolute atomic E-state index is 0.575. The first kappa shape index (κ1) is 12.8. The van der Waals surface area contributed by atoms with E-state index in [-0.39, 0.29) is 0 Å². The Bertz CT molecular complexity index is 480. The summed E-state index contributed by atoms with van der Waals surface area (Å²) in [6.07, 6.45) is 16.4. The molecule has 94 valence electrons. The Balaban J connectivity index is 2.23. The first-order valence-electron chi connectivity index (χ1n) is 6.76. The summed E-state index contributed by atoms with van der Waals surface area (Å²) in [5, 5.41) is 0. The number of rotatable bonds is 4. The quantitative estimate of drug-likeness (QED) is 0.694. The molecule has 0 aromatic carbocycles. The van der Waals surface area contributed by atoms with Crippen LogP contribution in [0.3, 0.4) is 0 Å². The maximum atomic E-state index is 4.55. The molecule has 1 heteroatoms. The first-order valence-corrected chi connectivity index (χ1v) is 6.76. The van der Waals surface area contributed by atoms with Gasteiger partial charge in [0.25, 0.3) is 0 Å². The predicted octanol–water partition coefficient (Wildman–Crippen LogP) is 4.71. The van der Waals surface area contributed by atoms with Crippen molar-refractivity contribution < 1.29 is 0 Å². The van der Waals surface area contributed by atoms with Gasteiger partial charge in [-0.05, 0) is 49.3 Å². The van der Waals surface area contributed by atoms with Crippen LogP contribution >= 0.6 is 0 Å². The number of allylic oxidation sites excluding steroid dienone is 6. The van der Waals surface area contributed by atoms with Crippen molar-refractivity contribution in [2.75, 3.05) is 0 Å². The fourth-order valence-corrected chi connectivity index (χ4v) is 2.39. The highest BCUT2D eigenvalue weighted by atomic mass is 14.7. The molecule has 1 aliphatic rings. The first-order chi connectivity index (χ1) is 8.83. The normalized spacial score (nSPS) is 19.2. The maximum absolute atomic E-state index is 4.55. The van der Waals surface area contributed by atoms with Crippen molar-refractivity contribution in [3.63, 3.8) is 0 Å². The zero-order chi connectivity index (χ0) is 12.8. The summed E-state index contributed by atoms with van der Waals surface area (Å²) in [6.45, 7) is 4.32. The van der Waals surface area contributed by atoms with E-state index in [9.17, 15) is 0 Å². The molecule has 1 aromatic heterocycles. The van der Waals surface area contributed by atoms with Gasteiger partial charge in [-0.25, -0.2) is 0 Å². The Morgan fingerprint density at radius 2 is 2.28 bits per heavy atom. The predicted molar refractivity (Wildman–Crippen MR) is 78.2 cm³/mol. The summed E-state index contributed by atoms with van der Waals surface area (Å²) < 4.78 is 0. The second-order valence-corrected chi connectivity index (χ2v) is 4.77. The SMILES string of the molecule is CCC=CCC1CC=CC=C1c1ncccc1C. The summed E-state index contributed by atoms with van der Waals surface area (Å²) in [7, 11) is 0. The molecule has 0 amide bonds. The number of hydrogen-bond donors (Lipinski definition) is 0. The molecule has 0 saturated carbocycles. The second kappa shape index (κ2) is 6.34. The van der Waals surface area contributed by atoms with Crippen LogP contribution in [0.2, 0.25) is 0 Å². The van der Waals surface area contributed by atoms with E-state index in [1.807, 2.05) is 12.3 Å². The van der Waals surface area contributed by atoms with Crippen molar-refractivity contribution in [2.24, 2.45) is 5.92 Å². The number of hydrogen-bond acceptors (Lipinski definition) is 1. The van der Waals surface area contributed by atoms with Gasteiger partial charge in [0, 0.05) is 6.20 Å². The third kappa shape index (κ3) is 2.98. The molecule has 0 aliphatic heterocycles. The van der Waals surface area contributed by atoms with Crippen molar-refractivity contribution in [1.82, 2.24) is 4.98 Å². The Morgan fingerprint density at radius 1 is 1.39 bits per heavy atom. The van der Waals surface area contributed by atoms with E-state index in [1.165, 1.54) is 11.1 Å². The molecule has 0 N–H and O–H groups in total. The van der Waals surface area contributed by atoms with Gasteiger partial charge in [-0.1, -0.05) is 43.4 Å². The van der Waals surface area contributed by atoms with Crippen LogP contribution in [0.25, 0.3) is 5.57 Å². The van der Waals surface area contributed by atoms with Gasteiger partial charge in [0.15, 0.2) is 0 Å². The highest BCUT2D eigenvalue weighted by Gasteiger charge is 2.17. The highest BCUT2D eigenvalue weighted by Crippen LogP contribution is 2.32. The molecule has 0 saturated heterocycles. The van der Waals surface area contributed by atoms with E-state index in [0.29, 0.717) is 5.92 Å². The minimum Gasteiger partial charge on any atom is -0.256 e. The molecular formula is C17H21N. The van der Waals surface area contributed by atoms with Gasteiger partial charge in [0.05, 0.1) is 5.69 Å². The van der Waals surface area contributed by atoms with Crippen LogP contribution in [-0.2, 0) is 0 Å². The molecule has 1 atom stereocenters. The van der Waals surface area contributed by atoms with E-state index in [2.05, 4.69) is 55.3 Å². The van der Waals surface area contributed by atoms with E-state index >= 15 is 0 Å². The summed E-state index contributed by atoms with van der Waals surface area (Å²) in [5.41, 5.74) is 3.82. The maximum Gasteiger partial charge on any atom is 0.0693 e. The van der Waals surface area contributed by atoms with E-state index in [4.69, 9.17) is 0 Å². The van der Waals surface area contributed by atoms with Gasteiger partial charge in [-0.3, -0.25) is 4.98 Å².